The van der Waals surface area contributed by atoms with Crippen LogP contribution in [-0.4, -0.2) is 11.1 Å². The summed E-state index contributed by atoms with van der Waals surface area (Å²) >= 11 is 0. The number of carbonyl (C=O) groups is 1. The molecule has 1 atom stereocenters. The largest absolute Gasteiger partial charge is 0.478 e. The first-order valence-electron chi connectivity index (χ1n) is 5.29. The minimum Gasteiger partial charge on any atom is -0.478 e. The fraction of sp³-hybridized carbons (Fsp3) is 0.308. The number of carboxylic acids is 1. The molecule has 0 aromatic heterocycles. The molecular weight excluding hydrogens is 207 g/mol. The van der Waals surface area contributed by atoms with Crippen molar-refractivity contribution >= 4 is 11.5 Å². The average molecular weight is 220 g/mol. The molecule has 3 heteroatoms. The Bertz CT molecular complexity index is 463. The zero-order valence-corrected chi connectivity index (χ0v) is 9.03. The second-order valence-electron chi connectivity index (χ2n) is 4.29. The Morgan fingerprint density at radius 2 is 2.25 bits per heavy atom. The van der Waals surface area contributed by atoms with Gasteiger partial charge in [-0.2, -0.15) is 0 Å². The highest BCUT2D eigenvalue weighted by molar-refractivity contribution is 5.91. The molecule has 1 aliphatic rings. The Kier molecular flexibility index (Phi) is 2.77. The van der Waals surface area contributed by atoms with E-state index in [0.29, 0.717) is 18.4 Å². The average Bonchev–Trinajstić information content (AvgIpc) is 2.18. The summed E-state index contributed by atoms with van der Waals surface area (Å²) in [7, 11) is 0. The first-order valence-corrected chi connectivity index (χ1v) is 5.29. The van der Waals surface area contributed by atoms with Crippen LogP contribution >= 0.6 is 0 Å². The van der Waals surface area contributed by atoms with Gasteiger partial charge in [-0.05, 0) is 41.5 Å². The third-order valence-corrected chi connectivity index (χ3v) is 2.88. The van der Waals surface area contributed by atoms with Crippen LogP contribution in [0.4, 0.5) is 4.39 Å². The van der Waals surface area contributed by atoms with Crippen LogP contribution in [0.2, 0.25) is 0 Å². The zero-order chi connectivity index (χ0) is 11.7. The van der Waals surface area contributed by atoms with Gasteiger partial charge in [-0.3, -0.25) is 0 Å². The Hall–Kier alpha value is -1.64. The number of aliphatic carboxylic acids is 1. The van der Waals surface area contributed by atoms with Crippen LogP contribution in [0.5, 0.6) is 0 Å². The van der Waals surface area contributed by atoms with Gasteiger partial charge in [-0.25, -0.2) is 9.18 Å². The van der Waals surface area contributed by atoms with E-state index >= 15 is 0 Å². The maximum Gasteiger partial charge on any atom is 0.328 e. The second-order valence-corrected chi connectivity index (χ2v) is 4.29. The highest BCUT2D eigenvalue weighted by Gasteiger charge is 2.22. The van der Waals surface area contributed by atoms with Gasteiger partial charge in [-0.15, -0.1) is 0 Å². The lowest BCUT2D eigenvalue weighted by atomic mass is 9.81. The van der Waals surface area contributed by atoms with Crippen LogP contribution in [0.25, 0.3) is 5.57 Å². The normalized spacial score (nSPS) is 21.9. The molecule has 2 rings (SSSR count). The molecule has 1 aliphatic carbocycles. The van der Waals surface area contributed by atoms with Gasteiger partial charge in [0.05, 0.1) is 0 Å². The number of halogens is 1. The minimum atomic E-state index is -0.973. The number of fused-ring (bicyclic) bond motifs is 1. The van der Waals surface area contributed by atoms with Gasteiger partial charge in [0.1, 0.15) is 5.82 Å². The first kappa shape index (κ1) is 10.9. The van der Waals surface area contributed by atoms with Gasteiger partial charge >= 0.3 is 5.97 Å². The molecule has 0 fully saturated rings. The molecule has 0 bridgehead atoms. The van der Waals surface area contributed by atoms with Crippen molar-refractivity contribution in [2.24, 2.45) is 5.92 Å². The Balaban J connectivity index is 2.54. The summed E-state index contributed by atoms with van der Waals surface area (Å²) in [5, 5.41) is 8.78. The SMILES string of the molecule is CC1C/C(=C\C(=O)O)c2cccc(F)c2C1. The van der Waals surface area contributed by atoms with Gasteiger partial charge in [0.2, 0.25) is 0 Å². The van der Waals surface area contributed by atoms with Crippen LogP contribution in [0, 0.1) is 11.7 Å². The predicted octanol–water partition coefficient (Wildman–Crippen LogP) is 2.88. The monoisotopic (exact) mass is 220 g/mol. The van der Waals surface area contributed by atoms with E-state index in [0.717, 1.165) is 11.1 Å². The van der Waals surface area contributed by atoms with E-state index in [1.54, 1.807) is 12.1 Å². The fourth-order valence-electron chi connectivity index (χ4n) is 2.26. The van der Waals surface area contributed by atoms with Crippen LogP contribution in [0.1, 0.15) is 24.5 Å². The molecule has 1 unspecified atom stereocenters. The number of allylic oxidation sites excluding steroid dienone is 1. The number of rotatable bonds is 1. The first-order chi connectivity index (χ1) is 7.58. The molecule has 0 saturated heterocycles. The Labute approximate surface area is 93.4 Å². The van der Waals surface area contributed by atoms with Crippen LogP contribution < -0.4 is 0 Å². The minimum absolute atomic E-state index is 0.236. The summed E-state index contributed by atoms with van der Waals surface area (Å²) in [6, 6.07) is 4.84. The fourth-order valence-corrected chi connectivity index (χ4v) is 2.26. The van der Waals surface area contributed by atoms with Gasteiger partial charge < -0.3 is 5.11 Å². The topological polar surface area (TPSA) is 37.3 Å². The molecule has 2 nitrogen and oxygen atoms in total. The van der Waals surface area contributed by atoms with Gasteiger partial charge in [-0.1, -0.05) is 19.1 Å². The predicted molar refractivity (Wildman–Crippen MR) is 59.5 cm³/mol. The van der Waals surface area contributed by atoms with Crippen molar-refractivity contribution in [3.8, 4) is 0 Å². The summed E-state index contributed by atoms with van der Waals surface area (Å²) in [5.41, 5.74) is 2.12. The third kappa shape index (κ3) is 1.98. The summed E-state index contributed by atoms with van der Waals surface area (Å²) in [6.45, 7) is 2.01. The summed E-state index contributed by atoms with van der Waals surface area (Å²) in [5.74, 6) is -0.922. The van der Waals surface area contributed by atoms with Gasteiger partial charge in [0.15, 0.2) is 0 Å². The molecule has 0 spiro atoms. The maximum absolute atomic E-state index is 13.6. The quantitative estimate of drug-likeness (QED) is 0.739. The molecule has 0 aliphatic heterocycles. The lowest BCUT2D eigenvalue weighted by molar-refractivity contribution is -0.131. The molecule has 0 saturated carbocycles. The maximum atomic E-state index is 13.6. The zero-order valence-electron chi connectivity index (χ0n) is 9.03. The molecule has 1 aromatic carbocycles. The second kappa shape index (κ2) is 4.08. The van der Waals surface area contributed by atoms with Crippen molar-refractivity contribution in [3.63, 3.8) is 0 Å². The van der Waals surface area contributed by atoms with Crippen molar-refractivity contribution in [3.05, 3.63) is 41.2 Å². The summed E-state index contributed by atoms with van der Waals surface area (Å²) < 4.78 is 13.6. The van der Waals surface area contributed by atoms with E-state index in [-0.39, 0.29) is 11.7 Å². The van der Waals surface area contributed by atoms with Crippen molar-refractivity contribution in [1.82, 2.24) is 0 Å². The molecule has 0 heterocycles. The van der Waals surface area contributed by atoms with Crippen LogP contribution in [0.15, 0.2) is 24.3 Å². The Morgan fingerprint density at radius 3 is 2.94 bits per heavy atom. The molecule has 1 aromatic rings. The van der Waals surface area contributed by atoms with E-state index in [4.69, 9.17) is 5.11 Å². The molecular formula is C13H13FO2. The lowest BCUT2D eigenvalue weighted by Gasteiger charge is -2.24. The molecule has 0 radical (unpaired) electrons. The number of hydrogen-bond donors (Lipinski definition) is 1. The van der Waals surface area contributed by atoms with Crippen molar-refractivity contribution in [2.45, 2.75) is 19.8 Å². The lowest BCUT2D eigenvalue weighted by Crippen LogP contribution is -2.13. The molecule has 16 heavy (non-hydrogen) atoms. The van der Waals surface area contributed by atoms with E-state index in [2.05, 4.69) is 0 Å². The van der Waals surface area contributed by atoms with Crippen LogP contribution in [-0.2, 0) is 11.2 Å². The van der Waals surface area contributed by atoms with E-state index < -0.39 is 5.97 Å². The van der Waals surface area contributed by atoms with Crippen molar-refractivity contribution in [1.29, 1.82) is 0 Å². The van der Waals surface area contributed by atoms with E-state index in [1.165, 1.54) is 12.1 Å². The van der Waals surface area contributed by atoms with Crippen molar-refractivity contribution in [2.75, 3.05) is 0 Å². The van der Waals surface area contributed by atoms with Crippen molar-refractivity contribution < 1.29 is 14.3 Å². The van der Waals surface area contributed by atoms with E-state index in [1.807, 2.05) is 6.92 Å². The smallest absolute Gasteiger partial charge is 0.328 e. The molecule has 1 N–H and O–H groups in total. The van der Waals surface area contributed by atoms with Crippen LogP contribution in [0.3, 0.4) is 0 Å². The standard InChI is InChI=1S/C13H13FO2/c1-8-5-9(7-13(15)16)10-3-2-4-12(14)11(10)6-8/h2-4,7-8H,5-6H2,1H3,(H,15,16)/b9-7+. The van der Waals surface area contributed by atoms with Gasteiger partial charge in [0, 0.05) is 6.08 Å². The van der Waals surface area contributed by atoms with E-state index in [9.17, 15) is 9.18 Å². The summed E-state index contributed by atoms with van der Waals surface area (Å²) in [6.07, 6.45) is 2.57. The summed E-state index contributed by atoms with van der Waals surface area (Å²) in [4.78, 5) is 10.7. The third-order valence-electron chi connectivity index (χ3n) is 2.88. The number of hydrogen-bond acceptors (Lipinski definition) is 1. The van der Waals surface area contributed by atoms with Gasteiger partial charge in [0.25, 0.3) is 0 Å². The molecule has 0 amide bonds. The highest BCUT2D eigenvalue weighted by Crippen LogP contribution is 2.35. The number of benzene rings is 1. The Morgan fingerprint density at radius 1 is 1.50 bits per heavy atom. The number of carboxylic acid groups (broad SMARTS) is 1. The highest BCUT2D eigenvalue weighted by atomic mass is 19.1. The molecule has 84 valence electrons.